The number of nitrogens with zero attached hydrogens (tertiary/aromatic N) is 4. The van der Waals surface area contributed by atoms with E-state index < -0.39 is 84.6 Å². The third-order valence-electron chi connectivity index (χ3n) is 7.95. The van der Waals surface area contributed by atoms with Crippen molar-refractivity contribution in [3.63, 3.8) is 0 Å². The monoisotopic (exact) mass is 891 g/mol. The zero-order valence-electron chi connectivity index (χ0n) is 31.1. The van der Waals surface area contributed by atoms with Crippen molar-refractivity contribution in [3.05, 3.63) is 48.5 Å². The van der Waals surface area contributed by atoms with Gasteiger partial charge in [0.25, 0.3) is 7.82 Å². The zero-order chi connectivity index (χ0) is 42.2. The fourth-order valence-corrected chi connectivity index (χ4v) is 8.62. The molecule has 0 spiro atoms. The van der Waals surface area contributed by atoms with E-state index in [2.05, 4.69) is 34.4 Å². The van der Waals surface area contributed by atoms with Gasteiger partial charge < -0.3 is 55.4 Å². The van der Waals surface area contributed by atoms with E-state index in [-0.39, 0.29) is 66.9 Å². The Kier molecular flexibility index (Phi) is 18.2. The number of ether oxygens (including phenoxy) is 1. The number of benzene rings is 1. The molecule has 24 nitrogen and oxygen atoms in total. The number of aliphatic hydroxyl groups excluding tert-OH is 2. The number of aromatic nitrogens is 4. The Labute approximate surface area is 346 Å². The number of hydrogen-bond acceptors (Lipinski definition) is 19. The predicted octanol–water partition coefficient (Wildman–Crippen LogP) is -3.72. The molecule has 3 heterocycles. The van der Waals surface area contributed by atoms with E-state index in [0.717, 1.165) is 34.5 Å². The van der Waals surface area contributed by atoms with Crippen LogP contribution in [0.15, 0.2) is 43.0 Å². The van der Waals surface area contributed by atoms with Gasteiger partial charge in [0.05, 0.1) is 19.5 Å². The molecule has 2 aromatic heterocycles. The van der Waals surface area contributed by atoms with Gasteiger partial charge in [-0.1, -0.05) is 55.9 Å². The first-order chi connectivity index (χ1) is 26.6. The second kappa shape index (κ2) is 21.3. The first kappa shape index (κ1) is 49.7. The number of anilines is 1. The number of amides is 2. The van der Waals surface area contributed by atoms with Crippen molar-refractivity contribution in [1.82, 2.24) is 30.2 Å². The van der Waals surface area contributed by atoms with Crippen LogP contribution in [0.4, 0.5) is 5.82 Å². The molecule has 1 saturated heterocycles. The van der Waals surface area contributed by atoms with Crippen molar-refractivity contribution in [2.45, 2.75) is 57.3 Å². The summed E-state index contributed by atoms with van der Waals surface area (Å²) in [5, 5.41) is 26.3. The molecule has 2 amide bonds. The number of rotatable bonds is 21. The van der Waals surface area contributed by atoms with Gasteiger partial charge >= 0.3 is 34.5 Å². The molecule has 0 aliphatic carbocycles. The first-order valence-electron chi connectivity index (χ1n) is 16.6. The Morgan fingerprint density at radius 2 is 1.72 bits per heavy atom. The van der Waals surface area contributed by atoms with Gasteiger partial charge in [0.15, 0.2) is 22.8 Å². The fourth-order valence-electron chi connectivity index (χ4n) is 5.10. The van der Waals surface area contributed by atoms with Crippen molar-refractivity contribution < 1.29 is 99.3 Å². The largest absolute Gasteiger partial charge is 1.00 e. The van der Waals surface area contributed by atoms with Crippen molar-refractivity contribution in [3.8, 4) is 0 Å². The minimum Gasteiger partial charge on any atom is -0.756 e. The summed E-state index contributed by atoms with van der Waals surface area (Å²) >= 11 is 1.06. The number of fused-ring (bicyclic) bond motifs is 1. The number of nitrogens with two attached hydrogens (primary N) is 1. The number of hydrogen-bond donors (Lipinski definition) is 8. The normalized spacial score (nSPS) is 21.9. The zero-order valence-corrected chi connectivity index (χ0v) is 34.6. The van der Waals surface area contributed by atoms with Crippen LogP contribution in [-0.2, 0) is 57.1 Å². The predicted molar refractivity (Wildman–Crippen MR) is 195 cm³/mol. The summed E-state index contributed by atoms with van der Waals surface area (Å²) in [6, 6.07) is 9.15. The van der Waals surface area contributed by atoms with Gasteiger partial charge in [-0.25, -0.2) is 24.1 Å². The molecule has 29 heteroatoms. The van der Waals surface area contributed by atoms with Gasteiger partial charge in [0.2, 0.25) is 11.8 Å². The summed E-state index contributed by atoms with van der Waals surface area (Å²) < 4.78 is 61.8. The Hall–Kier alpha value is -2.62. The Bertz CT molecular complexity index is 2030. The summed E-state index contributed by atoms with van der Waals surface area (Å²) in [7, 11) is -16.7. The molecule has 1 fully saturated rings. The van der Waals surface area contributed by atoms with E-state index in [4.69, 9.17) is 19.5 Å². The molecule has 9 N–H and O–H groups in total. The van der Waals surface area contributed by atoms with Gasteiger partial charge in [0.1, 0.15) is 36.3 Å². The second-order valence-electron chi connectivity index (χ2n) is 12.9. The van der Waals surface area contributed by atoms with Gasteiger partial charge in [0, 0.05) is 37.1 Å². The molecule has 1 aliphatic heterocycles. The van der Waals surface area contributed by atoms with Crippen molar-refractivity contribution in [2.75, 3.05) is 37.8 Å². The van der Waals surface area contributed by atoms with Gasteiger partial charge in [-0.3, -0.25) is 32.6 Å². The van der Waals surface area contributed by atoms with E-state index in [1.807, 2.05) is 30.3 Å². The number of aliphatic hydroxyl groups is 2. The van der Waals surface area contributed by atoms with Crippen molar-refractivity contribution >= 4 is 69.1 Å². The molecule has 58 heavy (non-hydrogen) atoms. The van der Waals surface area contributed by atoms with Crippen LogP contribution in [0, 0.1) is 5.41 Å². The molecular formula is C29H41LiN7O17P3S. The molecule has 316 valence electrons. The van der Waals surface area contributed by atoms with Crippen LogP contribution in [0.2, 0.25) is 0 Å². The van der Waals surface area contributed by atoms with E-state index >= 15 is 0 Å². The minimum absolute atomic E-state index is 0. The van der Waals surface area contributed by atoms with Crippen LogP contribution >= 0.6 is 35.2 Å². The number of imidazole rings is 1. The third kappa shape index (κ3) is 14.8. The molecule has 3 aromatic rings. The third-order valence-corrected chi connectivity index (χ3v) is 11.9. The molecule has 8 atom stereocenters. The average Bonchev–Trinajstić information content (AvgIpc) is 3.68. The van der Waals surface area contributed by atoms with Crippen LogP contribution < -0.4 is 40.1 Å². The summed E-state index contributed by atoms with van der Waals surface area (Å²) in [5.41, 5.74) is 5.08. The number of phosphoric acid groups is 3. The first-order valence-corrected chi connectivity index (χ1v) is 22.1. The Morgan fingerprint density at radius 3 is 2.40 bits per heavy atom. The molecule has 0 saturated carbocycles. The summed E-state index contributed by atoms with van der Waals surface area (Å²) in [6.07, 6.45) is -6.88. The van der Waals surface area contributed by atoms with Gasteiger partial charge in [-0.2, -0.15) is 4.31 Å². The Balaban J connectivity index is 0.00000900. The van der Waals surface area contributed by atoms with E-state index in [0.29, 0.717) is 5.75 Å². The van der Waals surface area contributed by atoms with E-state index in [9.17, 15) is 57.9 Å². The molecule has 4 unspecified atom stereocenters. The number of carbonyl (C=O) groups excluding carboxylic acids is 3. The molecule has 1 aromatic carbocycles. The summed E-state index contributed by atoms with van der Waals surface area (Å²) in [6.45, 7) is 0.424. The van der Waals surface area contributed by atoms with Crippen molar-refractivity contribution in [2.24, 2.45) is 5.41 Å². The molecule has 0 bridgehead atoms. The maximum atomic E-state index is 12.7. The van der Waals surface area contributed by atoms with Crippen LogP contribution in [0.5, 0.6) is 0 Å². The molecular weight excluding hydrogens is 850 g/mol. The maximum absolute atomic E-state index is 12.7. The smallest absolute Gasteiger partial charge is 0.756 e. The van der Waals surface area contributed by atoms with Crippen LogP contribution in [-0.4, -0.2) is 118 Å². The van der Waals surface area contributed by atoms with E-state index in [1.165, 1.54) is 13.8 Å². The van der Waals surface area contributed by atoms with Gasteiger partial charge in [-0.05, 0) is 5.56 Å². The topological polar surface area (TPSA) is 366 Å². The van der Waals surface area contributed by atoms with Crippen LogP contribution in [0.25, 0.3) is 11.2 Å². The number of nitrogens with one attached hydrogen (secondary N) is 2. The quantitative estimate of drug-likeness (QED) is 0.0290. The standard InChI is InChI=1S/C29H42N7O17P3S.Li/c1-29(2,24(40)27(41)32-9-8-19(37)31-10-11-57-20(38)12-17-6-4-3-5-7-17)14-50-56(47,48)53-55(45,46)49-13-18-23(52-54(42,43)44)22(39)28(51-18)36-16-35-21-25(30)33-15-34-26(21)36;/h3-7,15-16,18,22-24,28,39-40H,8-14H2,1-2H3,(H,31,37)(H,32,41)(H,45,46)(H,47,48)(H2,30,33,34)(H2,42,43,44);/q;+1/p-1/t18-,22-,23-,24?,28-;/m1./s1. The maximum Gasteiger partial charge on any atom is 1.00 e. The second-order valence-corrected chi connectivity index (χ2v) is 18.3. The van der Waals surface area contributed by atoms with E-state index in [1.54, 1.807) is 0 Å². The molecule has 0 radical (unpaired) electrons. The summed E-state index contributed by atoms with van der Waals surface area (Å²) in [4.78, 5) is 89.7. The van der Waals surface area contributed by atoms with Crippen LogP contribution in [0.3, 0.4) is 0 Å². The molecule has 1 aliphatic rings. The summed E-state index contributed by atoms with van der Waals surface area (Å²) in [5.74, 6) is -1.15. The van der Waals surface area contributed by atoms with Crippen molar-refractivity contribution in [1.29, 1.82) is 0 Å². The SMILES string of the molecule is CC(C)(COP(=O)(O)OP(=O)(O)OC[C@H]1O[C@@H](n2cnc3c(N)ncnc32)[C@H](O)[C@@H]1OP(=O)([O-])O)C(O)C(=O)NCCC(=O)NCCSC(=O)Cc1ccccc1.[Li+]. The van der Waals surface area contributed by atoms with Crippen LogP contribution in [0.1, 0.15) is 32.1 Å². The number of nitrogen functional groups attached to an aromatic ring is 1. The number of thioether (sulfide) groups is 1. The average molecular weight is 892 g/mol. The molecule has 4 rings (SSSR count). The van der Waals surface area contributed by atoms with Gasteiger partial charge in [-0.15, -0.1) is 0 Å². The number of phosphoric ester groups is 3. The Morgan fingerprint density at radius 1 is 1.05 bits per heavy atom. The number of carbonyl (C=O) groups is 3. The minimum atomic E-state index is -5.59. The fraction of sp³-hybridized carbons (Fsp3) is 0.517.